The first-order valence-corrected chi connectivity index (χ1v) is 14.3. The maximum Gasteiger partial charge on any atom is 0.273 e. The molecule has 0 bridgehead atoms. The highest BCUT2D eigenvalue weighted by Gasteiger charge is 2.25. The van der Waals surface area contributed by atoms with E-state index in [4.69, 9.17) is 9.72 Å². The molecule has 8 heteroatoms. The molecule has 2 aliphatic carbocycles. The van der Waals surface area contributed by atoms with Crippen molar-refractivity contribution < 1.29 is 9.53 Å². The molecule has 1 N–H and O–H groups in total. The van der Waals surface area contributed by atoms with Gasteiger partial charge in [-0.1, -0.05) is 11.3 Å². The molecule has 0 radical (unpaired) electrons. The maximum atomic E-state index is 12.3. The van der Waals surface area contributed by atoms with E-state index in [2.05, 4.69) is 15.2 Å². The van der Waals surface area contributed by atoms with Crippen LogP contribution >= 0.6 is 22.7 Å². The van der Waals surface area contributed by atoms with Crippen molar-refractivity contribution in [1.82, 2.24) is 20.2 Å². The largest absolute Gasteiger partial charge is 0.467 e. The van der Waals surface area contributed by atoms with Crippen molar-refractivity contribution in [2.75, 3.05) is 19.6 Å². The Kier molecular flexibility index (Phi) is 7.62. The van der Waals surface area contributed by atoms with Gasteiger partial charge in [-0.05, 0) is 77.2 Å². The van der Waals surface area contributed by atoms with E-state index in [0.717, 1.165) is 59.8 Å². The predicted molar refractivity (Wildman–Crippen MR) is 133 cm³/mol. The Balaban J connectivity index is 0.991. The van der Waals surface area contributed by atoms with Gasteiger partial charge in [0.25, 0.3) is 5.19 Å². The van der Waals surface area contributed by atoms with Crippen LogP contribution in [0.25, 0.3) is 0 Å². The number of carbonyl (C=O) groups is 1. The molecular weight excluding hydrogens is 452 g/mol. The van der Waals surface area contributed by atoms with E-state index in [9.17, 15) is 4.79 Å². The van der Waals surface area contributed by atoms with Crippen LogP contribution in [0.3, 0.4) is 0 Å². The molecule has 2 aromatic heterocycles. The summed E-state index contributed by atoms with van der Waals surface area (Å²) in [6.07, 6.45) is 14.5. The number of aryl methyl sites for hydroxylation is 1. The third kappa shape index (κ3) is 6.34. The van der Waals surface area contributed by atoms with E-state index in [1.807, 2.05) is 13.1 Å². The molecular formula is C25H36N4O2S2. The zero-order chi connectivity index (χ0) is 22.6. The van der Waals surface area contributed by atoms with Gasteiger partial charge in [-0.2, -0.15) is 0 Å². The summed E-state index contributed by atoms with van der Waals surface area (Å²) in [5.41, 5.74) is 1.28. The third-order valence-electron chi connectivity index (χ3n) is 7.47. The summed E-state index contributed by atoms with van der Waals surface area (Å²) >= 11 is 3.40. The Morgan fingerprint density at radius 1 is 1.15 bits per heavy atom. The van der Waals surface area contributed by atoms with Crippen LogP contribution in [-0.2, 0) is 24.1 Å². The molecule has 2 saturated carbocycles. The lowest BCUT2D eigenvalue weighted by atomic mass is 9.84. The number of nitrogens with zero attached hydrogens (tertiary/aromatic N) is 3. The van der Waals surface area contributed by atoms with Crippen molar-refractivity contribution >= 4 is 28.6 Å². The summed E-state index contributed by atoms with van der Waals surface area (Å²) in [5, 5.41) is 5.19. The Morgan fingerprint density at radius 2 is 1.97 bits per heavy atom. The third-order valence-corrected chi connectivity index (χ3v) is 9.43. The second kappa shape index (κ2) is 10.8. The van der Waals surface area contributed by atoms with Gasteiger partial charge in [0.2, 0.25) is 5.91 Å². The molecule has 0 unspecified atom stereocenters. The Bertz CT molecular complexity index is 905. The number of thiazole rings is 2. The molecule has 0 saturated heterocycles. The average molecular weight is 489 g/mol. The van der Waals surface area contributed by atoms with E-state index >= 15 is 0 Å². The number of hydrogen-bond donors (Lipinski definition) is 1. The van der Waals surface area contributed by atoms with Gasteiger partial charge in [0.05, 0.1) is 17.1 Å². The Labute approximate surface area is 205 Å². The van der Waals surface area contributed by atoms with Crippen LogP contribution in [0.2, 0.25) is 0 Å². The molecule has 3 heterocycles. The van der Waals surface area contributed by atoms with Crippen molar-refractivity contribution in [2.45, 2.75) is 89.7 Å². The minimum absolute atomic E-state index is 0.147. The number of ether oxygens (including phenoxy) is 1. The monoisotopic (exact) mass is 488 g/mol. The highest BCUT2D eigenvalue weighted by molar-refractivity contribution is 7.13. The fourth-order valence-corrected chi connectivity index (χ4v) is 6.98. The first kappa shape index (κ1) is 23.2. The molecule has 6 nitrogen and oxygen atoms in total. The van der Waals surface area contributed by atoms with Gasteiger partial charge in [0.1, 0.15) is 6.10 Å². The molecule has 5 rings (SSSR count). The summed E-state index contributed by atoms with van der Waals surface area (Å²) in [7, 11) is 0. The first-order chi connectivity index (χ1) is 16.1. The SMILES string of the molecule is Cc1ncc(CC(=O)NC2CCC(CCN3CCc4nc(OC5CCC5)sc4CC3)CC2)s1. The zero-order valence-electron chi connectivity index (χ0n) is 19.7. The Hall–Kier alpha value is -1.51. The Morgan fingerprint density at radius 3 is 2.70 bits per heavy atom. The van der Waals surface area contributed by atoms with Gasteiger partial charge in [0.15, 0.2) is 0 Å². The summed E-state index contributed by atoms with van der Waals surface area (Å²) in [5.74, 6) is 0.939. The maximum absolute atomic E-state index is 12.3. The van der Waals surface area contributed by atoms with Crippen LogP contribution in [0.4, 0.5) is 0 Å². The minimum Gasteiger partial charge on any atom is -0.467 e. The predicted octanol–water partition coefficient (Wildman–Crippen LogP) is 4.55. The lowest BCUT2D eigenvalue weighted by Crippen LogP contribution is -2.38. The topological polar surface area (TPSA) is 67.4 Å². The van der Waals surface area contributed by atoms with Crippen molar-refractivity contribution in [2.24, 2.45) is 5.92 Å². The van der Waals surface area contributed by atoms with E-state index in [1.54, 1.807) is 22.7 Å². The fraction of sp³-hybridized carbons (Fsp3) is 0.720. The van der Waals surface area contributed by atoms with Crippen molar-refractivity contribution in [1.29, 1.82) is 0 Å². The second-order valence-electron chi connectivity index (χ2n) is 9.96. The zero-order valence-corrected chi connectivity index (χ0v) is 21.3. The van der Waals surface area contributed by atoms with Crippen molar-refractivity contribution in [3.63, 3.8) is 0 Å². The molecule has 0 atom stereocenters. The molecule has 2 aromatic rings. The fourth-order valence-electron chi connectivity index (χ4n) is 5.18. The highest BCUT2D eigenvalue weighted by atomic mass is 32.1. The van der Waals surface area contributed by atoms with E-state index in [-0.39, 0.29) is 5.91 Å². The van der Waals surface area contributed by atoms with Crippen LogP contribution in [0, 0.1) is 12.8 Å². The highest BCUT2D eigenvalue weighted by Crippen LogP contribution is 2.33. The molecule has 180 valence electrons. The molecule has 2 fully saturated rings. The molecule has 1 amide bonds. The number of hydrogen-bond acceptors (Lipinski definition) is 7. The van der Waals surface area contributed by atoms with Crippen LogP contribution in [0.5, 0.6) is 5.19 Å². The number of rotatable bonds is 8. The number of nitrogens with one attached hydrogen (secondary N) is 1. The van der Waals surface area contributed by atoms with E-state index in [1.165, 1.54) is 55.6 Å². The lowest BCUT2D eigenvalue weighted by molar-refractivity contribution is -0.121. The number of aromatic nitrogens is 2. The standard InChI is InChI=1S/C25H36N4O2S2/c1-17-26-16-21(32-17)15-24(30)27-19-7-5-18(6-8-19)9-12-29-13-10-22-23(11-14-29)33-25(28-22)31-20-3-2-4-20/h16,18-20H,2-15H2,1H3,(H,27,30). The summed E-state index contributed by atoms with van der Waals surface area (Å²) in [4.78, 5) is 26.5. The number of fused-ring (bicyclic) bond motifs is 1. The number of carbonyl (C=O) groups excluding carboxylic acids is 1. The van der Waals surface area contributed by atoms with E-state index < -0.39 is 0 Å². The lowest BCUT2D eigenvalue weighted by Gasteiger charge is -2.30. The summed E-state index contributed by atoms with van der Waals surface area (Å²) in [6, 6.07) is 0.347. The van der Waals surface area contributed by atoms with Crippen LogP contribution < -0.4 is 10.1 Å². The van der Waals surface area contributed by atoms with Crippen LogP contribution in [0.1, 0.15) is 71.8 Å². The summed E-state index contributed by atoms with van der Waals surface area (Å²) in [6.45, 7) is 5.42. The normalized spacial score (nSPS) is 24.0. The van der Waals surface area contributed by atoms with Gasteiger partial charge < -0.3 is 15.0 Å². The van der Waals surface area contributed by atoms with Gasteiger partial charge in [-0.15, -0.1) is 11.3 Å². The average Bonchev–Trinajstić information content (AvgIpc) is 3.31. The quantitative estimate of drug-likeness (QED) is 0.591. The van der Waals surface area contributed by atoms with Crippen molar-refractivity contribution in [3.8, 4) is 5.19 Å². The molecule has 3 aliphatic rings. The first-order valence-electron chi connectivity index (χ1n) is 12.7. The molecule has 0 spiro atoms. The van der Waals surface area contributed by atoms with Crippen molar-refractivity contribution in [3.05, 3.63) is 26.7 Å². The van der Waals surface area contributed by atoms with Gasteiger partial charge in [-0.25, -0.2) is 9.97 Å². The number of amides is 1. The molecule has 1 aliphatic heterocycles. The minimum atomic E-state index is 0.147. The van der Waals surface area contributed by atoms with Gasteiger partial charge in [-0.3, -0.25) is 4.79 Å². The van der Waals surface area contributed by atoms with Gasteiger partial charge in [0, 0.05) is 41.5 Å². The molecule has 0 aromatic carbocycles. The molecule has 33 heavy (non-hydrogen) atoms. The van der Waals surface area contributed by atoms with E-state index in [0.29, 0.717) is 18.6 Å². The van der Waals surface area contributed by atoms with Gasteiger partial charge >= 0.3 is 0 Å². The smallest absolute Gasteiger partial charge is 0.273 e. The van der Waals surface area contributed by atoms with Crippen LogP contribution in [-0.4, -0.2) is 52.6 Å². The van der Waals surface area contributed by atoms with Crippen LogP contribution in [0.15, 0.2) is 6.20 Å². The second-order valence-corrected chi connectivity index (χ2v) is 12.3. The summed E-state index contributed by atoms with van der Waals surface area (Å²) < 4.78 is 6.03.